The Kier molecular flexibility index (Phi) is 6.98. The van der Waals surface area contributed by atoms with Gasteiger partial charge in [-0.15, -0.1) is 0 Å². The van der Waals surface area contributed by atoms with Crippen LogP contribution in [0.4, 0.5) is 13.2 Å². The third-order valence-corrected chi connectivity index (χ3v) is 10.7. The van der Waals surface area contributed by atoms with Crippen LogP contribution in [0.1, 0.15) is 77.2 Å². The number of alkyl halides is 3. The topological polar surface area (TPSA) is 50.8 Å². The van der Waals surface area contributed by atoms with Gasteiger partial charge in [-0.1, -0.05) is 6.92 Å². The van der Waals surface area contributed by atoms with Crippen LogP contribution in [0.2, 0.25) is 0 Å². The van der Waals surface area contributed by atoms with Crippen molar-refractivity contribution in [2.45, 2.75) is 84.4 Å². The molecular weight excluding hydrogens is 451 g/mol. The zero-order valence-electron chi connectivity index (χ0n) is 21.1. The Morgan fingerprint density at radius 2 is 1.94 bits per heavy atom. The molecule has 0 aliphatic heterocycles. The van der Waals surface area contributed by atoms with Crippen LogP contribution < -0.4 is 0 Å². The standard InChI is InChI=1S/C28H40F3N3O/c1-3-35-17-18-4-6-21-20(12-18)5-7-23-22(21)10-11-27(2)24(23)8-9-25(27)26(28(29,30)31)16-34-15-19(13-32)14-33-34/h14-15,18,20-26H,3-12,16-17H2,1-2H3. The lowest BCUT2D eigenvalue weighted by molar-refractivity contribution is -0.209. The number of rotatable bonds is 6. The van der Waals surface area contributed by atoms with E-state index in [-0.39, 0.29) is 17.9 Å². The molecular formula is C28H40F3N3O. The first-order valence-electron chi connectivity index (χ1n) is 13.8. The molecule has 4 aliphatic rings. The van der Waals surface area contributed by atoms with Gasteiger partial charge in [-0.25, -0.2) is 0 Å². The molecule has 0 amide bonds. The second kappa shape index (κ2) is 9.72. The van der Waals surface area contributed by atoms with Gasteiger partial charge in [0.1, 0.15) is 6.07 Å². The van der Waals surface area contributed by atoms with E-state index >= 15 is 0 Å². The second-order valence-electron chi connectivity index (χ2n) is 12.2. The summed E-state index contributed by atoms with van der Waals surface area (Å²) in [5, 5.41) is 13.1. The van der Waals surface area contributed by atoms with Crippen LogP contribution in [-0.4, -0.2) is 29.2 Å². The van der Waals surface area contributed by atoms with Crippen LogP contribution in [0, 0.1) is 64.1 Å². The van der Waals surface area contributed by atoms with Gasteiger partial charge in [-0.3, -0.25) is 4.68 Å². The molecule has 5 rings (SSSR count). The summed E-state index contributed by atoms with van der Waals surface area (Å²) < 4.78 is 50.4. The summed E-state index contributed by atoms with van der Waals surface area (Å²) in [6, 6.07) is 1.98. The summed E-state index contributed by atoms with van der Waals surface area (Å²) >= 11 is 0. The number of fused-ring (bicyclic) bond motifs is 5. The fourth-order valence-corrected chi connectivity index (χ4v) is 9.27. The van der Waals surface area contributed by atoms with Crippen LogP contribution in [0.25, 0.3) is 0 Å². The van der Waals surface area contributed by atoms with Crippen LogP contribution in [-0.2, 0) is 11.3 Å². The average Bonchev–Trinajstić information content (AvgIpc) is 3.43. The molecule has 0 radical (unpaired) electrons. The highest BCUT2D eigenvalue weighted by Gasteiger charge is 2.61. The van der Waals surface area contributed by atoms with E-state index in [1.807, 2.05) is 6.07 Å². The van der Waals surface area contributed by atoms with Gasteiger partial charge < -0.3 is 4.74 Å². The molecule has 0 bridgehead atoms. The van der Waals surface area contributed by atoms with E-state index in [9.17, 15) is 13.2 Å². The molecule has 4 nitrogen and oxygen atoms in total. The molecule has 0 N–H and O–H groups in total. The maximum atomic E-state index is 14.4. The number of aromatic nitrogens is 2. The van der Waals surface area contributed by atoms with E-state index in [4.69, 9.17) is 10.00 Å². The van der Waals surface area contributed by atoms with Gasteiger partial charge >= 0.3 is 6.18 Å². The molecule has 1 heterocycles. The predicted octanol–water partition coefficient (Wildman–Crippen LogP) is 6.85. The van der Waals surface area contributed by atoms with Crippen molar-refractivity contribution in [2.24, 2.45) is 52.8 Å². The third kappa shape index (κ3) is 4.65. The molecule has 4 fully saturated rings. The molecule has 4 aliphatic carbocycles. The minimum Gasteiger partial charge on any atom is -0.381 e. The molecule has 35 heavy (non-hydrogen) atoms. The quantitative estimate of drug-likeness (QED) is 0.437. The normalized spacial score (nSPS) is 39.8. The summed E-state index contributed by atoms with van der Waals surface area (Å²) in [7, 11) is 0. The molecule has 9 unspecified atom stereocenters. The van der Waals surface area contributed by atoms with Gasteiger partial charge in [0.2, 0.25) is 0 Å². The van der Waals surface area contributed by atoms with Crippen molar-refractivity contribution in [1.82, 2.24) is 9.78 Å². The molecule has 0 aromatic carbocycles. The minimum absolute atomic E-state index is 0.182. The van der Waals surface area contributed by atoms with E-state index in [0.29, 0.717) is 35.7 Å². The lowest BCUT2D eigenvalue weighted by Gasteiger charge is -2.57. The van der Waals surface area contributed by atoms with Crippen molar-refractivity contribution >= 4 is 0 Å². The lowest BCUT2D eigenvalue weighted by Crippen LogP contribution is -2.50. The van der Waals surface area contributed by atoms with E-state index in [0.717, 1.165) is 44.3 Å². The summed E-state index contributed by atoms with van der Waals surface area (Å²) in [5.41, 5.74) is 0.0562. The summed E-state index contributed by atoms with van der Waals surface area (Å²) in [4.78, 5) is 0. The Morgan fingerprint density at radius 3 is 2.66 bits per heavy atom. The van der Waals surface area contributed by atoms with E-state index in [1.165, 1.54) is 49.2 Å². The average molecular weight is 492 g/mol. The highest BCUT2D eigenvalue weighted by Crippen LogP contribution is 2.66. The highest BCUT2D eigenvalue weighted by atomic mass is 19.4. The summed E-state index contributed by atoms with van der Waals surface area (Å²) in [6.45, 7) is 5.74. The Hall–Kier alpha value is -1.55. The zero-order valence-corrected chi connectivity index (χ0v) is 21.1. The Bertz CT molecular complexity index is 923. The molecule has 0 saturated heterocycles. The summed E-state index contributed by atoms with van der Waals surface area (Å²) in [5.74, 6) is 2.16. The number of nitrogens with zero attached hydrogens (tertiary/aromatic N) is 3. The van der Waals surface area contributed by atoms with Crippen LogP contribution in [0.3, 0.4) is 0 Å². The number of hydrogen-bond acceptors (Lipinski definition) is 3. The first-order chi connectivity index (χ1) is 16.7. The van der Waals surface area contributed by atoms with Crippen molar-refractivity contribution in [3.63, 3.8) is 0 Å². The number of halogens is 3. The first kappa shape index (κ1) is 25.1. The third-order valence-electron chi connectivity index (χ3n) is 10.7. The maximum Gasteiger partial charge on any atom is 0.393 e. The monoisotopic (exact) mass is 491 g/mol. The zero-order chi connectivity index (χ0) is 24.8. The van der Waals surface area contributed by atoms with E-state index in [1.54, 1.807) is 0 Å². The Labute approximate surface area is 207 Å². The highest BCUT2D eigenvalue weighted by molar-refractivity contribution is 5.21. The molecule has 1 aromatic heterocycles. The fourth-order valence-electron chi connectivity index (χ4n) is 9.27. The van der Waals surface area contributed by atoms with Gasteiger partial charge in [0, 0.05) is 19.4 Å². The van der Waals surface area contributed by atoms with Crippen LogP contribution in [0.15, 0.2) is 12.4 Å². The smallest absolute Gasteiger partial charge is 0.381 e. The number of hydrogen-bond donors (Lipinski definition) is 0. The number of nitriles is 1. The van der Waals surface area contributed by atoms with E-state index < -0.39 is 12.1 Å². The van der Waals surface area contributed by atoms with Gasteiger partial charge in [0.05, 0.1) is 24.2 Å². The predicted molar refractivity (Wildman–Crippen MR) is 127 cm³/mol. The Balaban J connectivity index is 1.31. The molecule has 4 saturated carbocycles. The van der Waals surface area contributed by atoms with Gasteiger partial charge in [-0.2, -0.15) is 23.5 Å². The Morgan fingerprint density at radius 1 is 1.14 bits per heavy atom. The van der Waals surface area contributed by atoms with Crippen molar-refractivity contribution in [1.29, 1.82) is 5.26 Å². The van der Waals surface area contributed by atoms with E-state index in [2.05, 4.69) is 18.9 Å². The van der Waals surface area contributed by atoms with Gasteiger partial charge in [0.15, 0.2) is 0 Å². The van der Waals surface area contributed by atoms with Crippen molar-refractivity contribution in [3.8, 4) is 6.07 Å². The lowest BCUT2D eigenvalue weighted by atomic mass is 9.48. The van der Waals surface area contributed by atoms with Crippen molar-refractivity contribution in [2.75, 3.05) is 13.2 Å². The summed E-state index contributed by atoms with van der Waals surface area (Å²) in [6.07, 6.45) is 8.40. The van der Waals surface area contributed by atoms with Crippen molar-refractivity contribution < 1.29 is 17.9 Å². The largest absolute Gasteiger partial charge is 0.393 e. The van der Waals surface area contributed by atoms with Crippen molar-refractivity contribution in [3.05, 3.63) is 18.0 Å². The van der Waals surface area contributed by atoms with Crippen LogP contribution >= 0.6 is 0 Å². The van der Waals surface area contributed by atoms with Gasteiger partial charge in [0.25, 0.3) is 0 Å². The molecule has 0 spiro atoms. The SMILES string of the molecule is CCOCC1CCC2C(CCC3C2CCC2(C)C3CCC2C(Cn2cc(C#N)cn2)C(F)(F)F)C1. The minimum atomic E-state index is -4.27. The first-order valence-corrected chi connectivity index (χ1v) is 13.8. The number of ether oxygens (including phenoxy) is 1. The molecule has 7 heteroatoms. The molecule has 194 valence electrons. The fraction of sp³-hybridized carbons (Fsp3) is 0.857. The van der Waals surface area contributed by atoms with Gasteiger partial charge in [-0.05, 0) is 112 Å². The molecule has 1 aromatic rings. The molecule has 9 atom stereocenters. The maximum absolute atomic E-state index is 14.4. The van der Waals surface area contributed by atoms with Crippen LogP contribution in [0.5, 0.6) is 0 Å². The second-order valence-corrected chi connectivity index (χ2v) is 12.2.